The highest BCUT2D eigenvalue weighted by molar-refractivity contribution is 5.95. The molecule has 0 radical (unpaired) electrons. The number of nitrogens with zero attached hydrogens (tertiary/aromatic N) is 1. The van der Waals surface area contributed by atoms with Crippen LogP contribution in [0.25, 0.3) is 11.3 Å². The van der Waals surface area contributed by atoms with Gasteiger partial charge in [0.2, 0.25) is 0 Å². The molecule has 0 saturated heterocycles. The number of nitrogens with one attached hydrogen (secondary N) is 1. The van der Waals surface area contributed by atoms with E-state index in [4.69, 9.17) is 10.6 Å². The van der Waals surface area contributed by atoms with Gasteiger partial charge in [0.05, 0.1) is 24.1 Å². The number of nitrogen functional groups attached to an aromatic ring is 1. The number of hydrogen-bond donors (Lipinski definition) is 2. The lowest BCUT2D eigenvalue weighted by atomic mass is 10.1. The molecule has 0 fully saturated rings. The van der Waals surface area contributed by atoms with Crippen molar-refractivity contribution in [3.63, 3.8) is 0 Å². The van der Waals surface area contributed by atoms with Crippen LogP contribution in [0.5, 0.6) is 5.75 Å². The molecule has 1 aromatic carbocycles. The minimum absolute atomic E-state index is 0.340. The SMILES string of the molecule is COc1ccc(-c2ccc(C(=O)NN)c(C)n2)cc1C. The predicted octanol–water partition coefficient (Wildman–Crippen LogP) is 1.98. The Balaban J connectivity index is 2.41. The summed E-state index contributed by atoms with van der Waals surface area (Å²) in [5, 5.41) is 0. The van der Waals surface area contributed by atoms with Gasteiger partial charge in [-0.05, 0) is 49.7 Å². The van der Waals surface area contributed by atoms with E-state index >= 15 is 0 Å². The van der Waals surface area contributed by atoms with E-state index in [-0.39, 0.29) is 5.91 Å². The zero-order chi connectivity index (χ0) is 14.7. The molecule has 1 amide bonds. The van der Waals surface area contributed by atoms with Crippen molar-refractivity contribution < 1.29 is 9.53 Å². The molecule has 0 spiro atoms. The smallest absolute Gasteiger partial charge is 0.267 e. The Kier molecular flexibility index (Phi) is 4.00. The summed E-state index contributed by atoms with van der Waals surface area (Å²) in [4.78, 5) is 16.0. The van der Waals surface area contributed by atoms with E-state index in [1.54, 1.807) is 26.2 Å². The molecule has 2 aromatic rings. The Morgan fingerprint density at radius 3 is 2.55 bits per heavy atom. The average Bonchev–Trinajstić information content (AvgIpc) is 2.46. The standard InChI is InChI=1S/C15H17N3O2/c1-9-8-11(4-7-14(9)20-3)13-6-5-12(10(2)17-13)15(19)18-16/h4-8H,16H2,1-3H3,(H,18,19). The van der Waals surface area contributed by atoms with Crippen LogP contribution in [-0.2, 0) is 0 Å². The number of carbonyl (C=O) groups is 1. The molecule has 5 nitrogen and oxygen atoms in total. The second kappa shape index (κ2) is 5.71. The molecule has 0 unspecified atom stereocenters. The molecule has 3 N–H and O–H groups in total. The number of aryl methyl sites for hydroxylation is 2. The number of carbonyl (C=O) groups excluding carboxylic acids is 1. The van der Waals surface area contributed by atoms with Gasteiger partial charge in [0, 0.05) is 5.56 Å². The van der Waals surface area contributed by atoms with Crippen molar-refractivity contribution >= 4 is 5.91 Å². The van der Waals surface area contributed by atoms with Gasteiger partial charge in [-0.25, -0.2) is 5.84 Å². The average molecular weight is 271 g/mol. The summed E-state index contributed by atoms with van der Waals surface area (Å²) in [6, 6.07) is 9.37. The maximum Gasteiger partial charge on any atom is 0.267 e. The summed E-state index contributed by atoms with van der Waals surface area (Å²) in [5.74, 6) is 5.63. The van der Waals surface area contributed by atoms with Crippen molar-refractivity contribution in [1.29, 1.82) is 0 Å². The largest absolute Gasteiger partial charge is 0.496 e. The summed E-state index contributed by atoms with van der Waals surface area (Å²) in [5.41, 5.74) is 6.04. The lowest BCUT2D eigenvalue weighted by Gasteiger charge is -2.09. The van der Waals surface area contributed by atoms with E-state index < -0.39 is 0 Å². The molecule has 20 heavy (non-hydrogen) atoms. The second-order valence-corrected chi connectivity index (χ2v) is 4.49. The topological polar surface area (TPSA) is 77.2 Å². The third-order valence-corrected chi connectivity index (χ3v) is 3.15. The highest BCUT2D eigenvalue weighted by atomic mass is 16.5. The normalized spacial score (nSPS) is 10.2. The van der Waals surface area contributed by atoms with E-state index in [9.17, 15) is 4.79 Å². The highest BCUT2D eigenvalue weighted by Gasteiger charge is 2.10. The number of methoxy groups -OCH3 is 1. The number of hydrazine groups is 1. The van der Waals surface area contributed by atoms with E-state index in [0.29, 0.717) is 11.3 Å². The van der Waals surface area contributed by atoms with Crippen molar-refractivity contribution in [2.24, 2.45) is 5.84 Å². The zero-order valence-electron chi connectivity index (χ0n) is 11.7. The first-order valence-corrected chi connectivity index (χ1v) is 6.20. The first kappa shape index (κ1) is 14.0. The minimum Gasteiger partial charge on any atom is -0.496 e. The number of amides is 1. The third kappa shape index (κ3) is 2.62. The van der Waals surface area contributed by atoms with Crippen LogP contribution in [0.1, 0.15) is 21.6 Å². The molecule has 104 valence electrons. The van der Waals surface area contributed by atoms with E-state index in [2.05, 4.69) is 10.4 Å². The van der Waals surface area contributed by atoms with Crippen LogP contribution in [0.3, 0.4) is 0 Å². The summed E-state index contributed by atoms with van der Waals surface area (Å²) in [7, 11) is 1.64. The van der Waals surface area contributed by atoms with Crippen molar-refractivity contribution in [3.05, 3.63) is 47.2 Å². The maximum atomic E-state index is 11.5. The molecule has 0 saturated carbocycles. The number of benzene rings is 1. The van der Waals surface area contributed by atoms with Gasteiger partial charge in [0.1, 0.15) is 5.75 Å². The lowest BCUT2D eigenvalue weighted by Crippen LogP contribution is -2.30. The summed E-state index contributed by atoms with van der Waals surface area (Å²) in [6.45, 7) is 3.76. The van der Waals surface area contributed by atoms with Crippen molar-refractivity contribution in [2.45, 2.75) is 13.8 Å². The van der Waals surface area contributed by atoms with Crippen LogP contribution in [0.4, 0.5) is 0 Å². The van der Waals surface area contributed by atoms with Gasteiger partial charge in [-0.15, -0.1) is 0 Å². The van der Waals surface area contributed by atoms with E-state index in [0.717, 1.165) is 22.6 Å². The third-order valence-electron chi connectivity index (χ3n) is 3.15. The van der Waals surface area contributed by atoms with Crippen LogP contribution in [0.2, 0.25) is 0 Å². The van der Waals surface area contributed by atoms with Crippen LogP contribution in [-0.4, -0.2) is 18.0 Å². The monoisotopic (exact) mass is 271 g/mol. The van der Waals surface area contributed by atoms with E-state index in [1.807, 2.05) is 25.1 Å². The molecule has 0 bridgehead atoms. The fraction of sp³-hybridized carbons (Fsp3) is 0.200. The van der Waals surface area contributed by atoms with Gasteiger partial charge in [0.25, 0.3) is 5.91 Å². The van der Waals surface area contributed by atoms with Crippen LogP contribution in [0, 0.1) is 13.8 Å². The van der Waals surface area contributed by atoms with E-state index in [1.165, 1.54) is 0 Å². The molecule has 0 aliphatic carbocycles. The highest BCUT2D eigenvalue weighted by Crippen LogP contribution is 2.25. The first-order chi connectivity index (χ1) is 9.56. The lowest BCUT2D eigenvalue weighted by molar-refractivity contribution is 0.0952. The fourth-order valence-corrected chi connectivity index (χ4v) is 2.08. The number of hydrogen-bond acceptors (Lipinski definition) is 4. The van der Waals surface area contributed by atoms with Crippen LogP contribution >= 0.6 is 0 Å². The van der Waals surface area contributed by atoms with Crippen LogP contribution in [0.15, 0.2) is 30.3 Å². The molecule has 0 atom stereocenters. The minimum atomic E-state index is -0.340. The van der Waals surface area contributed by atoms with Crippen molar-refractivity contribution in [1.82, 2.24) is 10.4 Å². The Morgan fingerprint density at radius 1 is 1.25 bits per heavy atom. The van der Waals surface area contributed by atoms with Gasteiger partial charge >= 0.3 is 0 Å². The Hall–Kier alpha value is -2.40. The molecule has 1 aromatic heterocycles. The van der Waals surface area contributed by atoms with Crippen molar-refractivity contribution in [3.8, 4) is 17.0 Å². The number of nitrogens with two attached hydrogens (primary N) is 1. The van der Waals surface area contributed by atoms with Gasteiger partial charge < -0.3 is 4.74 Å². The summed E-state index contributed by atoms with van der Waals surface area (Å²) < 4.78 is 5.24. The molecule has 1 heterocycles. The number of pyridine rings is 1. The molecular formula is C15H17N3O2. The Morgan fingerprint density at radius 2 is 2.00 bits per heavy atom. The first-order valence-electron chi connectivity index (χ1n) is 6.20. The predicted molar refractivity (Wildman–Crippen MR) is 77.4 cm³/mol. The second-order valence-electron chi connectivity index (χ2n) is 4.49. The quantitative estimate of drug-likeness (QED) is 0.508. The number of ether oxygens (including phenoxy) is 1. The molecule has 5 heteroatoms. The Labute approximate surface area is 117 Å². The zero-order valence-corrected chi connectivity index (χ0v) is 11.7. The van der Waals surface area contributed by atoms with Gasteiger partial charge in [-0.2, -0.15) is 0 Å². The maximum absolute atomic E-state index is 11.5. The van der Waals surface area contributed by atoms with Crippen LogP contribution < -0.4 is 16.0 Å². The molecular weight excluding hydrogens is 254 g/mol. The molecule has 0 aliphatic heterocycles. The van der Waals surface area contributed by atoms with Gasteiger partial charge in [-0.1, -0.05) is 0 Å². The summed E-state index contributed by atoms with van der Waals surface area (Å²) in [6.07, 6.45) is 0. The Bertz CT molecular complexity index is 654. The number of rotatable bonds is 3. The fourth-order valence-electron chi connectivity index (χ4n) is 2.08. The molecule has 2 rings (SSSR count). The van der Waals surface area contributed by atoms with Crippen molar-refractivity contribution in [2.75, 3.05) is 7.11 Å². The molecule has 0 aliphatic rings. The summed E-state index contributed by atoms with van der Waals surface area (Å²) >= 11 is 0. The number of aromatic nitrogens is 1. The van der Waals surface area contributed by atoms with Gasteiger partial charge in [0.15, 0.2) is 0 Å². The van der Waals surface area contributed by atoms with Gasteiger partial charge in [-0.3, -0.25) is 15.2 Å².